The van der Waals surface area contributed by atoms with Crippen molar-refractivity contribution in [2.45, 2.75) is 6.43 Å². The van der Waals surface area contributed by atoms with Crippen LogP contribution in [0.15, 0.2) is 17.1 Å². The van der Waals surface area contributed by atoms with Gasteiger partial charge in [-0.15, -0.1) is 0 Å². The highest BCUT2D eigenvalue weighted by Crippen LogP contribution is 2.18. The molecule has 2 nitrogen and oxygen atoms in total. The molecule has 0 unspecified atom stereocenters. The van der Waals surface area contributed by atoms with E-state index in [1.807, 2.05) is 4.98 Å². The average Bonchev–Trinajstić information content (AvgIpc) is 1.85. The largest absolute Gasteiger partial charge is 0.328 e. The lowest BCUT2D eigenvalue weighted by molar-refractivity contribution is 0.145. The standard InChI is InChI=1S/C6H4F3NO/c7-4-1-5(11)10-2-3(4)6(8)9/h1-2,6H,(H,10,11). The van der Waals surface area contributed by atoms with Gasteiger partial charge in [0.1, 0.15) is 5.82 Å². The van der Waals surface area contributed by atoms with Gasteiger partial charge in [-0.05, 0) is 0 Å². The van der Waals surface area contributed by atoms with Gasteiger partial charge >= 0.3 is 0 Å². The zero-order valence-corrected chi connectivity index (χ0v) is 5.27. The van der Waals surface area contributed by atoms with Gasteiger partial charge in [0.15, 0.2) is 0 Å². The van der Waals surface area contributed by atoms with E-state index in [2.05, 4.69) is 0 Å². The van der Waals surface area contributed by atoms with Crippen LogP contribution in [-0.4, -0.2) is 4.98 Å². The molecule has 0 radical (unpaired) electrons. The number of rotatable bonds is 1. The van der Waals surface area contributed by atoms with E-state index < -0.39 is 23.4 Å². The highest BCUT2D eigenvalue weighted by molar-refractivity contribution is 5.12. The van der Waals surface area contributed by atoms with Gasteiger partial charge in [0.25, 0.3) is 12.0 Å². The molecule has 1 heterocycles. The third kappa shape index (κ3) is 1.60. The SMILES string of the molecule is O=c1cc(F)c(C(F)F)c[nH]1. The number of aromatic nitrogens is 1. The van der Waals surface area contributed by atoms with Crippen LogP contribution in [-0.2, 0) is 0 Å². The van der Waals surface area contributed by atoms with Crippen LogP contribution in [0, 0.1) is 5.82 Å². The lowest BCUT2D eigenvalue weighted by atomic mass is 10.3. The summed E-state index contributed by atoms with van der Waals surface area (Å²) in [5.74, 6) is -1.18. The minimum Gasteiger partial charge on any atom is -0.328 e. The second-order valence-corrected chi connectivity index (χ2v) is 1.90. The molecule has 1 N–H and O–H groups in total. The number of pyridine rings is 1. The number of alkyl halides is 2. The van der Waals surface area contributed by atoms with Crippen LogP contribution >= 0.6 is 0 Å². The monoisotopic (exact) mass is 163 g/mol. The Morgan fingerprint density at radius 1 is 1.45 bits per heavy atom. The van der Waals surface area contributed by atoms with Gasteiger partial charge in [-0.1, -0.05) is 0 Å². The summed E-state index contributed by atoms with van der Waals surface area (Å²) >= 11 is 0. The fourth-order valence-electron chi connectivity index (χ4n) is 0.625. The van der Waals surface area contributed by atoms with Gasteiger partial charge in [-0.25, -0.2) is 13.2 Å². The minimum atomic E-state index is -2.90. The molecule has 5 heteroatoms. The van der Waals surface area contributed by atoms with Gasteiger partial charge in [0.2, 0.25) is 0 Å². The molecule has 11 heavy (non-hydrogen) atoms. The molecule has 0 aliphatic carbocycles. The summed E-state index contributed by atoms with van der Waals surface area (Å²) in [5.41, 5.74) is -1.52. The Labute approximate surface area is 59.7 Å². The maximum Gasteiger partial charge on any atom is 0.268 e. The van der Waals surface area contributed by atoms with Crippen molar-refractivity contribution in [1.82, 2.24) is 4.98 Å². The predicted molar refractivity (Wildman–Crippen MR) is 32.0 cm³/mol. The lowest BCUT2D eigenvalue weighted by Crippen LogP contribution is -2.06. The first-order chi connectivity index (χ1) is 5.11. The third-order valence-electron chi connectivity index (χ3n) is 1.14. The smallest absolute Gasteiger partial charge is 0.268 e. The molecule has 0 amide bonds. The lowest BCUT2D eigenvalue weighted by Gasteiger charge is -1.98. The van der Waals surface area contributed by atoms with Crippen LogP contribution in [0.25, 0.3) is 0 Å². The number of H-pyrrole nitrogens is 1. The average molecular weight is 163 g/mol. The predicted octanol–water partition coefficient (Wildman–Crippen LogP) is 1.45. The van der Waals surface area contributed by atoms with Crippen molar-refractivity contribution in [3.8, 4) is 0 Å². The molecule has 1 aromatic heterocycles. The summed E-state index contributed by atoms with van der Waals surface area (Å²) in [6.45, 7) is 0. The first-order valence-electron chi connectivity index (χ1n) is 2.77. The first-order valence-corrected chi connectivity index (χ1v) is 2.77. The van der Waals surface area contributed by atoms with Crippen molar-refractivity contribution in [2.75, 3.05) is 0 Å². The Hall–Kier alpha value is -1.26. The molecule has 0 atom stereocenters. The quantitative estimate of drug-likeness (QED) is 0.667. The van der Waals surface area contributed by atoms with Gasteiger partial charge < -0.3 is 4.98 Å². The van der Waals surface area contributed by atoms with E-state index in [1.165, 1.54) is 0 Å². The summed E-state index contributed by atoms with van der Waals surface area (Å²) < 4.78 is 36.0. The van der Waals surface area contributed by atoms with Gasteiger partial charge in [-0.3, -0.25) is 4.79 Å². The number of hydrogen-bond donors (Lipinski definition) is 1. The molecule has 0 bridgehead atoms. The van der Waals surface area contributed by atoms with E-state index in [0.717, 1.165) is 0 Å². The molecule has 0 aromatic carbocycles. The van der Waals surface area contributed by atoms with Crippen LogP contribution in [0.4, 0.5) is 13.2 Å². The molecule has 60 valence electrons. The van der Waals surface area contributed by atoms with Crippen LogP contribution in [0.3, 0.4) is 0 Å². The summed E-state index contributed by atoms with van der Waals surface area (Å²) in [4.78, 5) is 12.3. The Morgan fingerprint density at radius 2 is 2.09 bits per heavy atom. The second kappa shape index (κ2) is 2.77. The third-order valence-corrected chi connectivity index (χ3v) is 1.14. The molecular weight excluding hydrogens is 159 g/mol. The van der Waals surface area contributed by atoms with E-state index in [9.17, 15) is 18.0 Å². The summed E-state index contributed by atoms with van der Waals surface area (Å²) in [7, 11) is 0. The van der Waals surface area contributed by atoms with Crippen LogP contribution in [0.5, 0.6) is 0 Å². The van der Waals surface area contributed by atoms with Crippen molar-refractivity contribution in [1.29, 1.82) is 0 Å². The fraction of sp³-hybridized carbons (Fsp3) is 0.167. The molecular formula is C6H4F3NO. The molecule has 1 aromatic rings. The van der Waals surface area contributed by atoms with Crippen LogP contribution in [0.2, 0.25) is 0 Å². The van der Waals surface area contributed by atoms with Gasteiger partial charge in [0.05, 0.1) is 5.56 Å². The summed E-state index contributed by atoms with van der Waals surface area (Å²) in [6, 6.07) is 0.488. The van der Waals surface area contributed by atoms with Crippen molar-refractivity contribution in [3.05, 3.63) is 34.0 Å². The number of aromatic amines is 1. The van der Waals surface area contributed by atoms with E-state index >= 15 is 0 Å². The molecule has 0 spiro atoms. The molecule has 0 aliphatic heterocycles. The highest BCUT2D eigenvalue weighted by Gasteiger charge is 2.12. The van der Waals surface area contributed by atoms with Crippen molar-refractivity contribution >= 4 is 0 Å². The molecule has 0 saturated carbocycles. The topological polar surface area (TPSA) is 32.9 Å². The van der Waals surface area contributed by atoms with Crippen molar-refractivity contribution in [2.24, 2.45) is 0 Å². The second-order valence-electron chi connectivity index (χ2n) is 1.90. The van der Waals surface area contributed by atoms with E-state index in [4.69, 9.17) is 0 Å². The van der Waals surface area contributed by atoms with Gasteiger partial charge in [-0.2, -0.15) is 0 Å². The minimum absolute atomic E-state index is 0.488. The summed E-state index contributed by atoms with van der Waals surface area (Å²) in [6.07, 6.45) is -2.23. The zero-order valence-electron chi connectivity index (χ0n) is 5.27. The van der Waals surface area contributed by atoms with Crippen molar-refractivity contribution in [3.63, 3.8) is 0 Å². The normalized spacial score (nSPS) is 10.5. The molecule has 0 saturated heterocycles. The van der Waals surface area contributed by atoms with Crippen molar-refractivity contribution < 1.29 is 13.2 Å². The highest BCUT2D eigenvalue weighted by atomic mass is 19.3. The van der Waals surface area contributed by atoms with Gasteiger partial charge in [0, 0.05) is 12.3 Å². The fourth-order valence-corrected chi connectivity index (χ4v) is 0.625. The number of hydrogen-bond acceptors (Lipinski definition) is 1. The Morgan fingerprint density at radius 3 is 2.55 bits per heavy atom. The Kier molecular flexibility index (Phi) is 1.98. The van der Waals surface area contributed by atoms with E-state index in [0.29, 0.717) is 12.3 Å². The Balaban J connectivity index is 3.20. The summed E-state index contributed by atoms with van der Waals surface area (Å²) in [5, 5.41) is 0. The first kappa shape index (κ1) is 7.84. The zero-order chi connectivity index (χ0) is 8.43. The number of halogens is 3. The van der Waals surface area contributed by atoms with E-state index in [1.54, 1.807) is 0 Å². The van der Waals surface area contributed by atoms with E-state index in [-0.39, 0.29) is 0 Å². The molecule has 1 rings (SSSR count). The molecule has 0 fully saturated rings. The number of nitrogens with one attached hydrogen (secondary N) is 1. The van der Waals surface area contributed by atoms with Crippen LogP contribution < -0.4 is 5.56 Å². The maximum atomic E-state index is 12.4. The van der Waals surface area contributed by atoms with Crippen LogP contribution in [0.1, 0.15) is 12.0 Å². The maximum absolute atomic E-state index is 12.4. The molecule has 0 aliphatic rings. The Bertz CT molecular complexity index is 307.